The molecular weight excluding hydrogens is 272 g/mol. The van der Waals surface area contributed by atoms with Gasteiger partial charge < -0.3 is 19.7 Å². The first-order valence-electron chi connectivity index (χ1n) is 6.92. The summed E-state index contributed by atoms with van der Waals surface area (Å²) in [6, 6.07) is 5.27. The molecule has 0 bridgehead atoms. The van der Waals surface area contributed by atoms with E-state index in [9.17, 15) is 9.59 Å². The van der Waals surface area contributed by atoms with Gasteiger partial charge in [-0.1, -0.05) is 0 Å². The predicted molar refractivity (Wildman–Crippen MR) is 78.7 cm³/mol. The van der Waals surface area contributed by atoms with Crippen molar-refractivity contribution in [2.24, 2.45) is 5.92 Å². The summed E-state index contributed by atoms with van der Waals surface area (Å²) >= 11 is 0. The van der Waals surface area contributed by atoms with Crippen LogP contribution in [0.2, 0.25) is 0 Å². The van der Waals surface area contributed by atoms with Crippen LogP contribution < -0.4 is 19.7 Å². The number of hydrogen-bond acceptors (Lipinski definition) is 4. The molecule has 0 aromatic heterocycles. The Kier molecular flexibility index (Phi) is 4.67. The summed E-state index contributed by atoms with van der Waals surface area (Å²) in [6.45, 7) is 2.87. The summed E-state index contributed by atoms with van der Waals surface area (Å²) in [5.41, 5.74) is 0.683. The lowest BCUT2D eigenvalue weighted by atomic mass is 10.1. The highest BCUT2D eigenvalue weighted by Crippen LogP contribution is 2.32. The normalized spacial score (nSPS) is 17.8. The van der Waals surface area contributed by atoms with Gasteiger partial charge in [0.15, 0.2) is 0 Å². The van der Waals surface area contributed by atoms with E-state index in [1.165, 1.54) is 0 Å². The number of carbonyl (C=O) groups is 2. The maximum atomic E-state index is 12.4. The number of nitrogens with one attached hydrogen (secondary N) is 1. The van der Waals surface area contributed by atoms with Crippen molar-refractivity contribution < 1.29 is 19.1 Å². The van der Waals surface area contributed by atoms with Crippen LogP contribution in [-0.2, 0) is 9.59 Å². The van der Waals surface area contributed by atoms with Crippen molar-refractivity contribution >= 4 is 17.5 Å². The molecule has 2 amide bonds. The average molecular weight is 292 g/mol. The number of methoxy groups -OCH3 is 2. The van der Waals surface area contributed by atoms with Gasteiger partial charge in [0.05, 0.1) is 19.9 Å². The Morgan fingerprint density at radius 1 is 1.29 bits per heavy atom. The van der Waals surface area contributed by atoms with E-state index in [0.717, 1.165) is 0 Å². The SMILES string of the molecule is CCNC(=O)[C@H]1CCN(c2cc(OC)cc(OC)c2)C1=O. The average Bonchev–Trinajstić information content (AvgIpc) is 2.88. The summed E-state index contributed by atoms with van der Waals surface area (Å²) in [5.74, 6) is 0.218. The number of rotatable bonds is 5. The molecule has 114 valence electrons. The third kappa shape index (κ3) is 3.09. The Bertz CT molecular complexity index is 522. The van der Waals surface area contributed by atoms with Crippen molar-refractivity contribution in [3.8, 4) is 11.5 Å². The largest absolute Gasteiger partial charge is 0.497 e. The first kappa shape index (κ1) is 15.2. The Hall–Kier alpha value is -2.24. The zero-order valence-corrected chi connectivity index (χ0v) is 12.5. The molecule has 0 saturated carbocycles. The van der Waals surface area contributed by atoms with Crippen molar-refractivity contribution in [1.29, 1.82) is 0 Å². The van der Waals surface area contributed by atoms with E-state index >= 15 is 0 Å². The fraction of sp³-hybridized carbons (Fsp3) is 0.467. The summed E-state index contributed by atoms with van der Waals surface area (Å²) in [6.07, 6.45) is 0.518. The molecule has 1 heterocycles. The Balaban J connectivity index is 2.23. The van der Waals surface area contributed by atoms with Crippen LogP contribution in [0.1, 0.15) is 13.3 Å². The molecule has 21 heavy (non-hydrogen) atoms. The van der Waals surface area contributed by atoms with E-state index in [0.29, 0.717) is 36.7 Å². The van der Waals surface area contributed by atoms with Gasteiger partial charge in [0.1, 0.15) is 17.4 Å². The maximum Gasteiger partial charge on any atom is 0.239 e. The predicted octanol–water partition coefficient (Wildman–Crippen LogP) is 1.19. The van der Waals surface area contributed by atoms with Gasteiger partial charge in [0, 0.05) is 31.3 Å². The first-order valence-corrected chi connectivity index (χ1v) is 6.92. The minimum Gasteiger partial charge on any atom is -0.497 e. The molecule has 1 fully saturated rings. The van der Waals surface area contributed by atoms with Gasteiger partial charge in [-0.2, -0.15) is 0 Å². The molecule has 1 aromatic carbocycles. The highest BCUT2D eigenvalue weighted by Gasteiger charge is 2.37. The molecule has 2 rings (SSSR count). The molecule has 1 saturated heterocycles. The number of anilines is 1. The van der Waals surface area contributed by atoms with Crippen LogP contribution in [0.5, 0.6) is 11.5 Å². The molecule has 0 radical (unpaired) electrons. The molecule has 0 spiro atoms. The zero-order chi connectivity index (χ0) is 15.4. The zero-order valence-electron chi connectivity index (χ0n) is 12.5. The van der Waals surface area contributed by atoms with Crippen LogP contribution in [0.25, 0.3) is 0 Å². The van der Waals surface area contributed by atoms with Crippen molar-refractivity contribution in [3.63, 3.8) is 0 Å². The lowest BCUT2D eigenvalue weighted by molar-refractivity contribution is -0.132. The van der Waals surface area contributed by atoms with Gasteiger partial charge in [-0.3, -0.25) is 9.59 Å². The van der Waals surface area contributed by atoms with Crippen molar-refractivity contribution in [3.05, 3.63) is 18.2 Å². The molecule has 1 aromatic rings. The standard InChI is InChI=1S/C15H20N2O4/c1-4-16-14(18)13-5-6-17(15(13)19)10-7-11(20-2)9-12(8-10)21-3/h7-9,13H,4-6H2,1-3H3,(H,16,18)/t13-/m1/s1. The third-order valence-corrected chi connectivity index (χ3v) is 3.52. The monoisotopic (exact) mass is 292 g/mol. The number of ether oxygens (including phenoxy) is 2. The third-order valence-electron chi connectivity index (χ3n) is 3.52. The van der Waals surface area contributed by atoms with Gasteiger partial charge in [-0.25, -0.2) is 0 Å². The molecule has 0 unspecified atom stereocenters. The molecule has 1 aliphatic heterocycles. The summed E-state index contributed by atoms with van der Waals surface area (Å²) in [5, 5.41) is 2.70. The minimum absolute atomic E-state index is 0.184. The lowest BCUT2D eigenvalue weighted by Crippen LogP contribution is -2.36. The van der Waals surface area contributed by atoms with Gasteiger partial charge in [-0.05, 0) is 13.3 Å². The van der Waals surface area contributed by atoms with Crippen LogP contribution >= 0.6 is 0 Å². The van der Waals surface area contributed by atoms with Gasteiger partial charge in [-0.15, -0.1) is 0 Å². The number of hydrogen-bond donors (Lipinski definition) is 1. The highest BCUT2D eigenvalue weighted by atomic mass is 16.5. The van der Waals surface area contributed by atoms with E-state index in [4.69, 9.17) is 9.47 Å². The van der Waals surface area contributed by atoms with E-state index in [2.05, 4.69) is 5.32 Å². The van der Waals surface area contributed by atoms with Crippen molar-refractivity contribution in [1.82, 2.24) is 5.32 Å². The molecule has 1 N–H and O–H groups in total. The smallest absolute Gasteiger partial charge is 0.239 e. The van der Waals surface area contributed by atoms with Crippen LogP contribution in [0.15, 0.2) is 18.2 Å². The van der Waals surface area contributed by atoms with Crippen molar-refractivity contribution in [2.75, 3.05) is 32.2 Å². The molecule has 6 heteroatoms. The highest BCUT2D eigenvalue weighted by molar-refractivity contribution is 6.09. The Morgan fingerprint density at radius 3 is 2.43 bits per heavy atom. The van der Waals surface area contributed by atoms with Crippen LogP contribution in [0, 0.1) is 5.92 Å². The van der Waals surface area contributed by atoms with Crippen LogP contribution in [0.4, 0.5) is 5.69 Å². The van der Waals surface area contributed by atoms with Gasteiger partial charge in [0.25, 0.3) is 0 Å². The minimum atomic E-state index is -0.609. The van der Waals surface area contributed by atoms with Crippen LogP contribution in [0.3, 0.4) is 0 Å². The fourth-order valence-corrected chi connectivity index (χ4v) is 2.43. The number of amides is 2. The lowest BCUT2D eigenvalue weighted by Gasteiger charge is -2.18. The fourth-order valence-electron chi connectivity index (χ4n) is 2.43. The quantitative estimate of drug-likeness (QED) is 0.828. The van der Waals surface area contributed by atoms with E-state index in [1.54, 1.807) is 37.3 Å². The van der Waals surface area contributed by atoms with Crippen LogP contribution in [-0.4, -0.2) is 39.1 Å². The van der Waals surface area contributed by atoms with Gasteiger partial charge in [0.2, 0.25) is 11.8 Å². The molecule has 0 aliphatic carbocycles. The summed E-state index contributed by atoms with van der Waals surface area (Å²) in [7, 11) is 3.11. The second kappa shape index (κ2) is 6.47. The second-order valence-electron chi connectivity index (χ2n) is 4.80. The number of nitrogens with zero attached hydrogens (tertiary/aromatic N) is 1. The summed E-state index contributed by atoms with van der Waals surface area (Å²) < 4.78 is 10.4. The maximum absolute atomic E-state index is 12.4. The van der Waals surface area contributed by atoms with E-state index < -0.39 is 5.92 Å². The Morgan fingerprint density at radius 2 is 1.90 bits per heavy atom. The molecule has 1 aliphatic rings. The van der Waals surface area contributed by atoms with Crippen molar-refractivity contribution in [2.45, 2.75) is 13.3 Å². The first-order chi connectivity index (χ1) is 10.1. The molecule has 1 atom stereocenters. The summed E-state index contributed by atoms with van der Waals surface area (Å²) in [4.78, 5) is 25.9. The van der Waals surface area contributed by atoms with E-state index in [1.807, 2.05) is 6.92 Å². The molecular formula is C15H20N2O4. The molecule has 6 nitrogen and oxygen atoms in total. The Labute approximate surface area is 124 Å². The van der Waals surface area contributed by atoms with Gasteiger partial charge >= 0.3 is 0 Å². The topological polar surface area (TPSA) is 67.9 Å². The second-order valence-corrected chi connectivity index (χ2v) is 4.80. The van der Waals surface area contributed by atoms with E-state index in [-0.39, 0.29) is 11.8 Å². The number of benzene rings is 1. The number of carbonyl (C=O) groups excluding carboxylic acids is 2.